The van der Waals surface area contributed by atoms with Crippen molar-refractivity contribution in [2.24, 2.45) is 0 Å². The summed E-state index contributed by atoms with van der Waals surface area (Å²) >= 11 is 1.92. The van der Waals surface area contributed by atoms with Crippen LogP contribution in [0.3, 0.4) is 0 Å². The van der Waals surface area contributed by atoms with Crippen LogP contribution in [0.25, 0.3) is 11.0 Å². The third-order valence-corrected chi connectivity index (χ3v) is 3.59. The van der Waals surface area contributed by atoms with Gasteiger partial charge in [-0.2, -0.15) is 11.8 Å². The predicted octanol–water partition coefficient (Wildman–Crippen LogP) is 3.15. The first-order valence-electron chi connectivity index (χ1n) is 6.00. The fraction of sp³-hybridized carbons (Fsp3) is 0.462. The minimum Gasteiger partial charge on any atom is -0.399 e. The molecule has 0 aliphatic rings. The Morgan fingerprint density at radius 1 is 1.29 bits per heavy atom. The van der Waals surface area contributed by atoms with Gasteiger partial charge in [-0.1, -0.05) is 6.42 Å². The van der Waals surface area contributed by atoms with Crippen molar-refractivity contribution in [1.82, 2.24) is 9.55 Å². The number of fused-ring (bicyclic) bond motifs is 1. The van der Waals surface area contributed by atoms with Crippen molar-refractivity contribution >= 4 is 28.5 Å². The maximum atomic E-state index is 5.74. The number of thioether (sulfide) groups is 1. The average Bonchev–Trinajstić information content (AvgIpc) is 2.71. The van der Waals surface area contributed by atoms with Crippen molar-refractivity contribution in [3.05, 3.63) is 24.5 Å². The molecule has 0 fully saturated rings. The van der Waals surface area contributed by atoms with Crippen LogP contribution in [-0.4, -0.2) is 21.6 Å². The Balaban J connectivity index is 1.95. The molecule has 3 nitrogen and oxygen atoms in total. The monoisotopic (exact) mass is 249 g/mol. The Labute approximate surface area is 106 Å². The third kappa shape index (κ3) is 3.16. The molecule has 0 unspecified atom stereocenters. The number of rotatable bonds is 6. The van der Waals surface area contributed by atoms with Crippen molar-refractivity contribution in [2.75, 3.05) is 17.7 Å². The molecular formula is C13H19N3S. The lowest BCUT2D eigenvalue weighted by molar-refractivity contribution is 0.615. The minimum absolute atomic E-state index is 0.780. The molecule has 0 aliphatic carbocycles. The number of imidazole rings is 1. The molecule has 0 amide bonds. The molecule has 1 heterocycles. The van der Waals surface area contributed by atoms with E-state index in [-0.39, 0.29) is 0 Å². The lowest BCUT2D eigenvalue weighted by Gasteiger charge is -2.04. The number of nitrogen functional groups attached to an aromatic ring is 1. The number of nitrogens with zero attached hydrogens (tertiary/aromatic N) is 2. The Bertz CT molecular complexity index is 478. The lowest BCUT2D eigenvalue weighted by atomic mass is 10.2. The maximum Gasteiger partial charge on any atom is 0.0958 e. The van der Waals surface area contributed by atoms with Crippen LogP contribution < -0.4 is 5.73 Å². The van der Waals surface area contributed by atoms with Gasteiger partial charge in [0.2, 0.25) is 0 Å². The second kappa shape index (κ2) is 5.96. The van der Waals surface area contributed by atoms with Gasteiger partial charge >= 0.3 is 0 Å². The Kier molecular flexibility index (Phi) is 4.31. The van der Waals surface area contributed by atoms with Gasteiger partial charge in [0.25, 0.3) is 0 Å². The number of nitrogens with two attached hydrogens (primary N) is 1. The first kappa shape index (κ1) is 12.3. The van der Waals surface area contributed by atoms with E-state index in [0.717, 1.165) is 17.7 Å². The quantitative estimate of drug-likeness (QED) is 0.632. The van der Waals surface area contributed by atoms with E-state index < -0.39 is 0 Å². The Morgan fingerprint density at radius 2 is 2.18 bits per heavy atom. The van der Waals surface area contributed by atoms with Gasteiger partial charge in [-0.15, -0.1) is 0 Å². The zero-order valence-electron chi connectivity index (χ0n) is 10.2. The van der Waals surface area contributed by atoms with E-state index in [1.54, 1.807) is 0 Å². The molecule has 2 rings (SSSR count). The maximum absolute atomic E-state index is 5.74. The average molecular weight is 249 g/mol. The smallest absolute Gasteiger partial charge is 0.0958 e. The molecule has 2 aromatic rings. The Morgan fingerprint density at radius 3 is 3.00 bits per heavy atom. The van der Waals surface area contributed by atoms with E-state index in [9.17, 15) is 0 Å². The van der Waals surface area contributed by atoms with Crippen LogP contribution >= 0.6 is 11.8 Å². The predicted molar refractivity (Wildman–Crippen MR) is 76.4 cm³/mol. The summed E-state index contributed by atoms with van der Waals surface area (Å²) in [6.07, 6.45) is 7.89. The summed E-state index contributed by atoms with van der Waals surface area (Å²) in [7, 11) is 0. The van der Waals surface area contributed by atoms with Gasteiger partial charge in [0.05, 0.1) is 17.4 Å². The largest absolute Gasteiger partial charge is 0.399 e. The number of hydrogen-bond donors (Lipinski definition) is 1. The zero-order chi connectivity index (χ0) is 12.1. The fourth-order valence-electron chi connectivity index (χ4n) is 1.96. The van der Waals surface area contributed by atoms with Crippen LogP contribution in [0.4, 0.5) is 5.69 Å². The van der Waals surface area contributed by atoms with E-state index in [1.807, 2.05) is 30.2 Å². The molecular weight excluding hydrogens is 230 g/mol. The Hall–Kier alpha value is -1.16. The number of anilines is 1. The molecule has 0 aliphatic heterocycles. The summed E-state index contributed by atoms with van der Waals surface area (Å²) in [5, 5.41) is 0. The summed E-state index contributed by atoms with van der Waals surface area (Å²) in [5.74, 6) is 1.27. The highest BCUT2D eigenvalue weighted by Gasteiger charge is 2.02. The highest BCUT2D eigenvalue weighted by molar-refractivity contribution is 7.98. The van der Waals surface area contributed by atoms with Crippen LogP contribution in [0, 0.1) is 0 Å². The van der Waals surface area contributed by atoms with Gasteiger partial charge in [0.15, 0.2) is 0 Å². The van der Waals surface area contributed by atoms with Gasteiger partial charge in [-0.05, 0) is 43.0 Å². The minimum atomic E-state index is 0.780. The van der Waals surface area contributed by atoms with Gasteiger partial charge in [0.1, 0.15) is 0 Å². The van der Waals surface area contributed by atoms with Gasteiger partial charge in [-0.25, -0.2) is 4.98 Å². The third-order valence-electron chi connectivity index (χ3n) is 2.89. The van der Waals surface area contributed by atoms with Crippen molar-refractivity contribution < 1.29 is 0 Å². The first-order valence-corrected chi connectivity index (χ1v) is 7.40. The summed E-state index contributed by atoms with van der Waals surface area (Å²) in [4.78, 5) is 4.37. The number of unbranched alkanes of at least 4 members (excludes halogenated alkanes) is 2. The standard InChI is InChI=1S/C13H19N3S/c1-17-8-4-2-3-7-16-10-15-12-9-11(14)5-6-13(12)16/h5-6,9-10H,2-4,7-8,14H2,1H3. The molecule has 0 bridgehead atoms. The SMILES string of the molecule is CSCCCCCn1cnc2cc(N)ccc21. The molecule has 0 saturated heterocycles. The van der Waals surface area contributed by atoms with Crippen LogP contribution in [0.2, 0.25) is 0 Å². The van der Waals surface area contributed by atoms with Crippen molar-refractivity contribution in [2.45, 2.75) is 25.8 Å². The van der Waals surface area contributed by atoms with Crippen molar-refractivity contribution in [3.63, 3.8) is 0 Å². The summed E-state index contributed by atoms with van der Waals surface area (Å²) in [6.45, 7) is 1.05. The van der Waals surface area contributed by atoms with Gasteiger partial charge in [-0.3, -0.25) is 0 Å². The molecule has 0 spiro atoms. The number of hydrogen-bond acceptors (Lipinski definition) is 3. The number of aryl methyl sites for hydroxylation is 1. The van der Waals surface area contributed by atoms with Crippen molar-refractivity contribution in [1.29, 1.82) is 0 Å². The zero-order valence-corrected chi connectivity index (χ0v) is 11.0. The topological polar surface area (TPSA) is 43.8 Å². The summed E-state index contributed by atoms with van der Waals surface area (Å²) in [5.41, 5.74) is 8.70. The molecule has 0 saturated carbocycles. The van der Waals surface area contributed by atoms with Crippen LogP contribution in [0.15, 0.2) is 24.5 Å². The van der Waals surface area contributed by atoms with Crippen LogP contribution in [0.1, 0.15) is 19.3 Å². The van der Waals surface area contributed by atoms with Gasteiger partial charge in [0, 0.05) is 12.2 Å². The van der Waals surface area contributed by atoms with E-state index in [0.29, 0.717) is 0 Å². The second-order valence-corrected chi connectivity index (χ2v) is 5.23. The van der Waals surface area contributed by atoms with Crippen LogP contribution in [0.5, 0.6) is 0 Å². The normalized spacial score (nSPS) is 11.1. The molecule has 2 N–H and O–H groups in total. The molecule has 17 heavy (non-hydrogen) atoms. The fourth-order valence-corrected chi connectivity index (χ4v) is 2.46. The highest BCUT2D eigenvalue weighted by Crippen LogP contribution is 2.16. The second-order valence-electron chi connectivity index (χ2n) is 4.24. The van der Waals surface area contributed by atoms with E-state index >= 15 is 0 Å². The molecule has 1 aromatic heterocycles. The molecule has 0 atom stereocenters. The lowest BCUT2D eigenvalue weighted by Crippen LogP contribution is -1.96. The van der Waals surface area contributed by atoms with E-state index in [1.165, 1.54) is 30.5 Å². The summed E-state index contributed by atoms with van der Waals surface area (Å²) < 4.78 is 2.22. The van der Waals surface area contributed by atoms with E-state index in [4.69, 9.17) is 5.73 Å². The molecule has 1 aromatic carbocycles. The molecule has 92 valence electrons. The van der Waals surface area contributed by atoms with Crippen molar-refractivity contribution in [3.8, 4) is 0 Å². The van der Waals surface area contributed by atoms with Gasteiger partial charge < -0.3 is 10.3 Å². The van der Waals surface area contributed by atoms with Crippen LogP contribution in [-0.2, 0) is 6.54 Å². The number of aromatic nitrogens is 2. The highest BCUT2D eigenvalue weighted by atomic mass is 32.2. The summed E-state index contributed by atoms with van der Waals surface area (Å²) in [6, 6.07) is 5.92. The number of benzene rings is 1. The molecule has 4 heteroatoms. The first-order chi connectivity index (χ1) is 8.31. The van der Waals surface area contributed by atoms with E-state index in [2.05, 4.69) is 21.9 Å². The molecule has 0 radical (unpaired) electrons.